The quantitative estimate of drug-likeness (QED) is 0.742. The zero-order valence-corrected chi connectivity index (χ0v) is 14.2. The van der Waals surface area contributed by atoms with Gasteiger partial charge < -0.3 is 0 Å². The van der Waals surface area contributed by atoms with Gasteiger partial charge >= 0.3 is 0 Å². The van der Waals surface area contributed by atoms with Crippen LogP contribution in [0.5, 0.6) is 0 Å². The Morgan fingerprint density at radius 1 is 0.826 bits per heavy atom. The Morgan fingerprint density at radius 2 is 1.48 bits per heavy atom. The summed E-state index contributed by atoms with van der Waals surface area (Å²) in [7, 11) is 0. The van der Waals surface area contributed by atoms with Gasteiger partial charge in [-0.05, 0) is 55.0 Å². The summed E-state index contributed by atoms with van der Waals surface area (Å²) in [6, 6.07) is 20.2. The molecule has 0 spiro atoms. The summed E-state index contributed by atoms with van der Waals surface area (Å²) in [6.07, 6.45) is 8.91. The lowest BCUT2D eigenvalue weighted by Crippen LogP contribution is -2.47. The van der Waals surface area contributed by atoms with Gasteiger partial charge in [0.05, 0.1) is 0 Å². The Bertz CT molecular complexity index is 639. The lowest BCUT2D eigenvalue weighted by Gasteiger charge is -2.44. The van der Waals surface area contributed by atoms with Crippen molar-refractivity contribution < 1.29 is 0 Å². The predicted molar refractivity (Wildman–Crippen MR) is 101 cm³/mol. The van der Waals surface area contributed by atoms with Gasteiger partial charge in [-0.15, -0.1) is 12.4 Å². The van der Waals surface area contributed by atoms with E-state index >= 15 is 0 Å². The fourth-order valence-corrected chi connectivity index (χ4v) is 3.85. The SMILES string of the molecule is C(=CC1CC2CCN1CC2)c1ccc(-c2ccccc2)cc1.Cl. The molecule has 0 amide bonds. The van der Waals surface area contributed by atoms with Crippen LogP contribution in [-0.4, -0.2) is 24.0 Å². The first-order valence-electron chi connectivity index (χ1n) is 8.46. The minimum absolute atomic E-state index is 0. The molecule has 3 aliphatic heterocycles. The van der Waals surface area contributed by atoms with E-state index in [0.717, 1.165) is 5.92 Å². The summed E-state index contributed by atoms with van der Waals surface area (Å²) in [6.45, 7) is 2.60. The lowest BCUT2D eigenvalue weighted by atomic mass is 9.83. The summed E-state index contributed by atoms with van der Waals surface area (Å²) in [4.78, 5) is 2.65. The standard InChI is InChI=1S/C21H23N.ClH/c1-2-4-19(5-3-1)20-9-6-17(7-10-20)8-11-21-16-18-12-14-22(21)15-13-18;/h1-11,18,21H,12-16H2;1H. The molecule has 0 aromatic heterocycles. The van der Waals surface area contributed by atoms with Crippen LogP contribution in [0.25, 0.3) is 17.2 Å². The second kappa shape index (κ2) is 7.33. The number of nitrogens with zero attached hydrogens (tertiary/aromatic N) is 1. The molecule has 0 saturated carbocycles. The van der Waals surface area contributed by atoms with Gasteiger partial charge in [-0.2, -0.15) is 0 Å². The van der Waals surface area contributed by atoms with Crippen molar-refractivity contribution in [1.82, 2.24) is 4.90 Å². The van der Waals surface area contributed by atoms with E-state index in [1.165, 1.54) is 49.0 Å². The highest BCUT2D eigenvalue weighted by Crippen LogP contribution is 2.32. The van der Waals surface area contributed by atoms with Crippen LogP contribution in [0.2, 0.25) is 0 Å². The predicted octanol–water partition coefficient (Wildman–Crippen LogP) is 5.27. The Morgan fingerprint density at radius 3 is 2.09 bits per heavy atom. The largest absolute Gasteiger partial charge is 0.297 e. The van der Waals surface area contributed by atoms with Crippen LogP contribution in [-0.2, 0) is 0 Å². The van der Waals surface area contributed by atoms with Crippen molar-refractivity contribution in [2.24, 2.45) is 5.92 Å². The molecule has 3 heterocycles. The molecule has 2 aromatic carbocycles. The Labute approximate surface area is 145 Å². The molecule has 2 aromatic rings. The number of benzene rings is 2. The van der Waals surface area contributed by atoms with Gasteiger partial charge in [0.25, 0.3) is 0 Å². The van der Waals surface area contributed by atoms with Gasteiger partial charge in [0.15, 0.2) is 0 Å². The van der Waals surface area contributed by atoms with Gasteiger partial charge in [0, 0.05) is 6.04 Å². The third-order valence-electron chi connectivity index (χ3n) is 5.22. The van der Waals surface area contributed by atoms with E-state index < -0.39 is 0 Å². The van der Waals surface area contributed by atoms with Crippen molar-refractivity contribution in [3.8, 4) is 11.1 Å². The topological polar surface area (TPSA) is 3.24 Å². The molecule has 0 radical (unpaired) electrons. The number of fused-ring (bicyclic) bond motifs is 3. The molecule has 1 atom stereocenters. The molecular weight excluding hydrogens is 302 g/mol. The first-order chi connectivity index (χ1) is 10.9. The second-order valence-electron chi connectivity index (χ2n) is 6.63. The molecule has 1 nitrogen and oxygen atoms in total. The third kappa shape index (κ3) is 3.68. The van der Waals surface area contributed by atoms with Crippen LogP contribution in [0.3, 0.4) is 0 Å². The van der Waals surface area contributed by atoms with Crippen molar-refractivity contribution in [3.05, 3.63) is 66.2 Å². The van der Waals surface area contributed by atoms with E-state index in [1.807, 2.05) is 0 Å². The van der Waals surface area contributed by atoms with Crippen LogP contribution in [0.1, 0.15) is 24.8 Å². The highest BCUT2D eigenvalue weighted by Gasteiger charge is 2.31. The maximum Gasteiger partial charge on any atom is 0.0284 e. The first-order valence-corrected chi connectivity index (χ1v) is 8.46. The molecule has 0 aliphatic carbocycles. The molecule has 120 valence electrons. The maximum absolute atomic E-state index is 2.65. The monoisotopic (exact) mass is 325 g/mol. The molecule has 23 heavy (non-hydrogen) atoms. The highest BCUT2D eigenvalue weighted by atomic mass is 35.5. The van der Waals surface area contributed by atoms with Gasteiger partial charge in [-0.3, -0.25) is 4.90 Å². The summed E-state index contributed by atoms with van der Waals surface area (Å²) in [5, 5.41) is 0. The van der Waals surface area contributed by atoms with Crippen LogP contribution in [0.15, 0.2) is 60.7 Å². The Hall–Kier alpha value is -1.57. The van der Waals surface area contributed by atoms with Crippen molar-refractivity contribution in [2.75, 3.05) is 13.1 Å². The van der Waals surface area contributed by atoms with Gasteiger partial charge in [-0.1, -0.05) is 66.7 Å². The molecule has 2 heteroatoms. The minimum Gasteiger partial charge on any atom is -0.297 e. The Kier molecular flexibility index (Phi) is 5.20. The molecule has 3 fully saturated rings. The summed E-state index contributed by atoms with van der Waals surface area (Å²) >= 11 is 0. The molecule has 1 unspecified atom stereocenters. The number of piperidine rings is 3. The highest BCUT2D eigenvalue weighted by molar-refractivity contribution is 5.85. The van der Waals surface area contributed by atoms with Crippen molar-refractivity contribution >= 4 is 18.5 Å². The fraction of sp³-hybridized carbons (Fsp3) is 0.333. The van der Waals surface area contributed by atoms with Crippen molar-refractivity contribution in [3.63, 3.8) is 0 Å². The van der Waals surface area contributed by atoms with E-state index in [2.05, 4.69) is 71.6 Å². The second-order valence-corrected chi connectivity index (χ2v) is 6.63. The van der Waals surface area contributed by atoms with Gasteiger partial charge in [-0.25, -0.2) is 0 Å². The average Bonchev–Trinajstić information content (AvgIpc) is 2.62. The molecule has 5 rings (SSSR count). The van der Waals surface area contributed by atoms with E-state index in [9.17, 15) is 0 Å². The Balaban J connectivity index is 0.00000156. The minimum atomic E-state index is 0. The third-order valence-corrected chi connectivity index (χ3v) is 5.22. The van der Waals surface area contributed by atoms with Crippen LogP contribution >= 0.6 is 12.4 Å². The zero-order chi connectivity index (χ0) is 14.8. The summed E-state index contributed by atoms with van der Waals surface area (Å²) in [5.74, 6) is 0.972. The number of rotatable bonds is 3. The average molecular weight is 326 g/mol. The van der Waals surface area contributed by atoms with Gasteiger partial charge in [0.2, 0.25) is 0 Å². The van der Waals surface area contributed by atoms with Crippen molar-refractivity contribution in [1.29, 1.82) is 0 Å². The lowest BCUT2D eigenvalue weighted by molar-refractivity contribution is 0.0740. The molecule has 3 saturated heterocycles. The van der Waals surface area contributed by atoms with E-state index in [-0.39, 0.29) is 12.4 Å². The molecule has 0 N–H and O–H groups in total. The molecular formula is C21H24ClN. The summed E-state index contributed by atoms with van der Waals surface area (Å²) in [5.41, 5.74) is 3.88. The van der Waals surface area contributed by atoms with E-state index in [0.29, 0.717) is 6.04 Å². The first kappa shape index (κ1) is 16.3. The smallest absolute Gasteiger partial charge is 0.0284 e. The maximum atomic E-state index is 2.65. The fourth-order valence-electron chi connectivity index (χ4n) is 3.85. The normalized spacial score (nSPS) is 26.2. The van der Waals surface area contributed by atoms with Crippen LogP contribution in [0.4, 0.5) is 0 Å². The summed E-state index contributed by atoms with van der Waals surface area (Å²) < 4.78 is 0. The number of hydrogen-bond acceptors (Lipinski definition) is 1. The molecule has 2 bridgehead atoms. The van der Waals surface area contributed by atoms with E-state index in [1.54, 1.807) is 0 Å². The van der Waals surface area contributed by atoms with Gasteiger partial charge in [0.1, 0.15) is 0 Å². The zero-order valence-electron chi connectivity index (χ0n) is 13.4. The van der Waals surface area contributed by atoms with E-state index in [4.69, 9.17) is 0 Å². The number of hydrogen-bond donors (Lipinski definition) is 0. The van der Waals surface area contributed by atoms with Crippen LogP contribution in [0, 0.1) is 5.92 Å². The van der Waals surface area contributed by atoms with Crippen LogP contribution < -0.4 is 0 Å². The molecule has 3 aliphatic rings. The van der Waals surface area contributed by atoms with Crippen molar-refractivity contribution in [2.45, 2.75) is 25.3 Å². The number of halogens is 1.